The van der Waals surface area contributed by atoms with Crippen LogP contribution in [-0.4, -0.2) is 24.5 Å². The van der Waals surface area contributed by atoms with Crippen molar-refractivity contribution in [2.24, 2.45) is 7.05 Å². The van der Waals surface area contributed by atoms with E-state index in [4.69, 9.17) is 5.73 Å². The summed E-state index contributed by atoms with van der Waals surface area (Å²) in [7, 11) is -1.35. The third-order valence-corrected chi connectivity index (χ3v) is 2.32. The highest BCUT2D eigenvalue weighted by Gasteiger charge is 2.10. The second-order valence-electron chi connectivity index (χ2n) is 2.75. The van der Waals surface area contributed by atoms with Crippen LogP contribution in [0.5, 0.6) is 0 Å². The number of hydrogen-bond donors (Lipinski definition) is 1. The van der Waals surface area contributed by atoms with Crippen LogP contribution in [0.1, 0.15) is 5.56 Å². The molecule has 0 aliphatic rings. The number of hydrogen-bond acceptors (Lipinski definition) is 4. The summed E-state index contributed by atoms with van der Waals surface area (Å²) < 4.78 is 23.2. The molecule has 0 unspecified atom stereocenters. The number of anilines is 1. The van der Waals surface area contributed by atoms with E-state index in [1.807, 2.05) is 0 Å². The van der Waals surface area contributed by atoms with Crippen molar-refractivity contribution in [2.45, 2.75) is 5.75 Å². The third-order valence-electron chi connectivity index (χ3n) is 1.48. The smallest absolute Gasteiger partial charge is 0.151 e. The van der Waals surface area contributed by atoms with Gasteiger partial charge in [-0.25, -0.2) is 8.42 Å². The molecule has 1 aromatic rings. The van der Waals surface area contributed by atoms with Gasteiger partial charge in [-0.05, 0) is 0 Å². The molecule has 5 nitrogen and oxygen atoms in total. The maximum Gasteiger partial charge on any atom is 0.151 e. The first-order valence-electron chi connectivity index (χ1n) is 3.34. The molecule has 1 heterocycles. The van der Waals surface area contributed by atoms with Crippen LogP contribution in [0.3, 0.4) is 0 Å². The molecule has 0 fully saturated rings. The zero-order valence-corrected chi connectivity index (χ0v) is 7.80. The number of sulfone groups is 1. The minimum atomic E-state index is -3.02. The minimum absolute atomic E-state index is 0.0489. The molecule has 0 amide bonds. The van der Waals surface area contributed by atoms with Crippen LogP contribution < -0.4 is 5.73 Å². The Labute approximate surface area is 71.1 Å². The van der Waals surface area contributed by atoms with Crippen LogP contribution in [0.25, 0.3) is 0 Å². The molecule has 0 saturated heterocycles. The SMILES string of the molecule is Cn1ncc(CS(C)(=O)=O)c1N. The van der Waals surface area contributed by atoms with Gasteiger partial charge in [-0.3, -0.25) is 4.68 Å². The summed E-state index contributed by atoms with van der Waals surface area (Å²) in [6.07, 6.45) is 2.63. The minimum Gasteiger partial charge on any atom is -0.384 e. The topological polar surface area (TPSA) is 78.0 Å². The Kier molecular flexibility index (Phi) is 2.10. The van der Waals surface area contributed by atoms with Gasteiger partial charge in [0.05, 0.1) is 11.9 Å². The van der Waals surface area contributed by atoms with Gasteiger partial charge in [0, 0.05) is 18.9 Å². The predicted octanol–water partition coefficient (Wildman–Crippen LogP) is -0.453. The van der Waals surface area contributed by atoms with Crippen LogP contribution in [0, 0.1) is 0 Å². The summed E-state index contributed by atoms with van der Waals surface area (Å²) in [5.74, 6) is 0.354. The fourth-order valence-corrected chi connectivity index (χ4v) is 1.67. The number of rotatable bonds is 2. The predicted molar refractivity (Wildman–Crippen MR) is 46.2 cm³/mol. The summed E-state index contributed by atoms with van der Waals surface area (Å²) in [6.45, 7) is 0. The summed E-state index contributed by atoms with van der Waals surface area (Å²) in [4.78, 5) is 0. The van der Waals surface area contributed by atoms with E-state index < -0.39 is 9.84 Å². The number of nitrogen functional groups attached to an aromatic ring is 1. The first-order valence-corrected chi connectivity index (χ1v) is 5.40. The Morgan fingerprint density at radius 1 is 1.67 bits per heavy atom. The molecular weight excluding hydrogens is 178 g/mol. The molecule has 6 heteroatoms. The van der Waals surface area contributed by atoms with Crippen LogP contribution >= 0.6 is 0 Å². The van der Waals surface area contributed by atoms with Crippen LogP contribution in [-0.2, 0) is 22.6 Å². The van der Waals surface area contributed by atoms with E-state index in [2.05, 4.69) is 5.10 Å². The summed E-state index contributed by atoms with van der Waals surface area (Å²) in [5.41, 5.74) is 6.10. The van der Waals surface area contributed by atoms with Crippen molar-refractivity contribution >= 4 is 15.7 Å². The fourth-order valence-electron chi connectivity index (χ4n) is 0.886. The van der Waals surface area contributed by atoms with E-state index in [0.717, 1.165) is 0 Å². The number of nitrogens with two attached hydrogens (primary N) is 1. The van der Waals surface area contributed by atoms with Crippen molar-refractivity contribution in [3.8, 4) is 0 Å². The molecule has 0 aromatic carbocycles. The van der Waals surface area contributed by atoms with Gasteiger partial charge in [0.15, 0.2) is 9.84 Å². The molecule has 1 aromatic heterocycles. The van der Waals surface area contributed by atoms with E-state index in [1.54, 1.807) is 7.05 Å². The molecule has 0 aliphatic heterocycles. The Hall–Kier alpha value is -1.04. The highest BCUT2D eigenvalue weighted by atomic mass is 32.2. The maximum atomic E-state index is 10.9. The lowest BCUT2D eigenvalue weighted by Crippen LogP contribution is -2.04. The standard InChI is InChI=1S/C6H11N3O2S/c1-9-6(7)5(3-8-9)4-12(2,10)11/h3H,4,7H2,1-2H3. The first-order chi connectivity index (χ1) is 5.40. The summed E-state index contributed by atoms with van der Waals surface area (Å²) in [5, 5.41) is 3.83. The third kappa shape index (κ3) is 1.97. The van der Waals surface area contributed by atoms with Crippen LogP contribution in [0.2, 0.25) is 0 Å². The second kappa shape index (κ2) is 2.78. The second-order valence-corrected chi connectivity index (χ2v) is 4.89. The Morgan fingerprint density at radius 2 is 2.25 bits per heavy atom. The Bertz CT molecular complexity index is 379. The molecular formula is C6H11N3O2S. The summed E-state index contributed by atoms with van der Waals surface area (Å²) in [6, 6.07) is 0. The molecule has 0 atom stereocenters. The lowest BCUT2D eigenvalue weighted by molar-refractivity contribution is 0.601. The quantitative estimate of drug-likeness (QED) is 0.683. The van der Waals surface area contributed by atoms with Crippen molar-refractivity contribution in [2.75, 3.05) is 12.0 Å². The van der Waals surface area contributed by atoms with Gasteiger partial charge in [-0.15, -0.1) is 0 Å². The Balaban J connectivity index is 2.99. The zero-order chi connectivity index (χ0) is 9.35. The lowest BCUT2D eigenvalue weighted by atomic mass is 10.4. The molecule has 0 saturated carbocycles. The van der Waals surface area contributed by atoms with E-state index in [1.165, 1.54) is 17.1 Å². The van der Waals surface area contributed by atoms with Crippen molar-refractivity contribution in [3.05, 3.63) is 11.8 Å². The first kappa shape index (κ1) is 9.05. The average Bonchev–Trinajstić information content (AvgIpc) is 2.16. The van der Waals surface area contributed by atoms with Gasteiger partial charge in [0.25, 0.3) is 0 Å². The van der Waals surface area contributed by atoms with E-state index in [-0.39, 0.29) is 5.75 Å². The van der Waals surface area contributed by atoms with E-state index >= 15 is 0 Å². The Morgan fingerprint density at radius 3 is 2.58 bits per heavy atom. The van der Waals surface area contributed by atoms with Crippen molar-refractivity contribution < 1.29 is 8.42 Å². The van der Waals surface area contributed by atoms with Gasteiger partial charge in [-0.2, -0.15) is 5.10 Å². The highest BCUT2D eigenvalue weighted by Crippen LogP contribution is 2.11. The van der Waals surface area contributed by atoms with Gasteiger partial charge in [-0.1, -0.05) is 0 Å². The van der Waals surface area contributed by atoms with Crippen molar-refractivity contribution in [3.63, 3.8) is 0 Å². The molecule has 2 N–H and O–H groups in total. The van der Waals surface area contributed by atoms with Crippen LogP contribution in [0.4, 0.5) is 5.82 Å². The number of aryl methyl sites for hydroxylation is 1. The van der Waals surface area contributed by atoms with Gasteiger partial charge in [0.2, 0.25) is 0 Å². The lowest BCUT2D eigenvalue weighted by Gasteiger charge is -1.97. The van der Waals surface area contributed by atoms with Gasteiger partial charge < -0.3 is 5.73 Å². The monoisotopic (exact) mass is 189 g/mol. The maximum absolute atomic E-state index is 10.9. The zero-order valence-electron chi connectivity index (χ0n) is 6.98. The van der Waals surface area contributed by atoms with Crippen LogP contribution in [0.15, 0.2) is 6.20 Å². The highest BCUT2D eigenvalue weighted by molar-refractivity contribution is 7.89. The van der Waals surface area contributed by atoms with Crippen molar-refractivity contribution in [1.82, 2.24) is 9.78 Å². The number of aromatic nitrogens is 2. The molecule has 1 rings (SSSR count). The largest absolute Gasteiger partial charge is 0.384 e. The number of nitrogens with zero attached hydrogens (tertiary/aromatic N) is 2. The molecule has 0 radical (unpaired) electrons. The molecule has 0 bridgehead atoms. The normalized spacial score (nSPS) is 11.8. The molecule has 0 aliphatic carbocycles. The van der Waals surface area contributed by atoms with Crippen molar-refractivity contribution in [1.29, 1.82) is 0 Å². The van der Waals surface area contributed by atoms with E-state index in [0.29, 0.717) is 11.4 Å². The van der Waals surface area contributed by atoms with E-state index in [9.17, 15) is 8.42 Å². The van der Waals surface area contributed by atoms with Gasteiger partial charge >= 0.3 is 0 Å². The average molecular weight is 189 g/mol. The fraction of sp³-hybridized carbons (Fsp3) is 0.500. The molecule has 0 spiro atoms. The summed E-state index contributed by atoms with van der Waals surface area (Å²) >= 11 is 0. The molecule has 68 valence electrons. The van der Waals surface area contributed by atoms with Gasteiger partial charge in [0.1, 0.15) is 5.82 Å². The molecule has 12 heavy (non-hydrogen) atoms.